The molecule has 0 fully saturated rings. The standard InChI is InChI=1S/C16H38N2O3.ClH/c1-9-15(13(19)11-17(3,4)5)21-16(10-2)14(20)12-18(6,7)8;/h13-16,19-20H,9-12H2,1-8H3;1H/q+2;. The van der Waals surface area contributed by atoms with Crippen LogP contribution in [-0.4, -0.2) is 99.0 Å². The number of quaternary nitrogens is 2. The van der Waals surface area contributed by atoms with E-state index in [4.69, 9.17) is 4.74 Å². The summed E-state index contributed by atoms with van der Waals surface area (Å²) < 4.78 is 7.43. The number of rotatable bonds is 10. The van der Waals surface area contributed by atoms with Gasteiger partial charge >= 0.3 is 0 Å². The Bertz CT molecular complexity index is 262. The van der Waals surface area contributed by atoms with Gasteiger partial charge in [-0.2, -0.15) is 0 Å². The van der Waals surface area contributed by atoms with Crippen LogP contribution >= 0.6 is 12.4 Å². The van der Waals surface area contributed by atoms with Gasteiger partial charge < -0.3 is 23.9 Å². The molecule has 0 saturated carbocycles. The van der Waals surface area contributed by atoms with Crippen molar-refractivity contribution in [3.8, 4) is 0 Å². The Kier molecular flexibility index (Phi) is 11.1. The minimum absolute atomic E-state index is 0. The van der Waals surface area contributed by atoms with Crippen LogP contribution in [0.15, 0.2) is 0 Å². The SMILES string of the molecule is CCC(OC(CC)C(O)C[N+](C)(C)C)C(O)C[N+](C)(C)C.Cl. The van der Waals surface area contributed by atoms with Crippen LogP contribution in [0.2, 0.25) is 0 Å². The highest BCUT2D eigenvalue weighted by Gasteiger charge is 2.31. The van der Waals surface area contributed by atoms with Crippen LogP contribution < -0.4 is 0 Å². The van der Waals surface area contributed by atoms with E-state index in [-0.39, 0.29) is 24.6 Å². The lowest BCUT2D eigenvalue weighted by Crippen LogP contribution is -2.50. The normalized spacial score (nSPS) is 18.3. The second-order valence-electron chi connectivity index (χ2n) is 8.11. The lowest BCUT2D eigenvalue weighted by Gasteiger charge is -2.35. The van der Waals surface area contributed by atoms with Gasteiger partial charge in [0.1, 0.15) is 25.3 Å². The van der Waals surface area contributed by atoms with Crippen molar-refractivity contribution < 1.29 is 23.9 Å². The fraction of sp³-hybridized carbons (Fsp3) is 1.00. The minimum Gasteiger partial charge on any atom is -0.385 e. The average Bonchev–Trinajstić information content (AvgIpc) is 2.25. The fourth-order valence-corrected chi connectivity index (χ4v) is 2.50. The van der Waals surface area contributed by atoms with Crippen LogP contribution in [0.25, 0.3) is 0 Å². The topological polar surface area (TPSA) is 49.7 Å². The van der Waals surface area contributed by atoms with Crippen LogP contribution in [0.5, 0.6) is 0 Å². The van der Waals surface area contributed by atoms with Gasteiger partial charge in [0.05, 0.1) is 54.5 Å². The van der Waals surface area contributed by atoms with Crippen LogP contribution in [0.4, 0.5) is 0 Å². The molecule has 0 aromatic heterocycles. The quantitative estimate of drug-likeness (QED) is 0.585. The van der Waals surface area contributed by atoms with Gasteiger partial charge in [0.15, 0.2) is 0 Å². The van der Waals surface area contributed by atoms with E-state index >= 15 is 0 Å². The Morgan fingerprint density at radius 1 is 0.727 bits per heavy atom. The second-order valence-corrected chi connectivity index (χ2v) is 8.11. The van der Waals surface area contributed by atoms with Crippen LogP contribution in [-0.2, 0) is 4.74 Å². The smallest absolute Gasteiger partial charge is 0.129 e. The molecule has 0 radical (unpaired) electrons. The Morgan fingerprint density at radius 3 is 1.18 bits per heavy atom. The summed E-state index contributed by atoms with van der Waals surface area (Å²) in [5.41, 5.74) is 0. The zero-order chi connectivity index (χ0) is 16.8. The van der Waals surface area contributed by atoms with Crippen molar-refractivity contribution in [1.82, 2.24) is 0 Å². The van der Waals surface area contributed by atoms with E-state index in [0.717, 1.165) is 12.8 Å². The molecule has 0 saturated heterocycles. The van der Waals surface area contributed by atoms with Crippen LogP contribution in [0.3, 0.4) is 0 Å². The van der Waals surface area contributed by atoms with Gasteiger partial charge in [-0.05, 0) is 12.8 Å². The maximum absolute atomic E-state index is 10.4. The molecule has 0 amide bonds. The molecule has 0 aromatic rings. The molecule has 0 aliphatic heterocycles. The molecule has 0 spiro atoms. The third kappa shape index (κ3) is 10.8. The van der Waals surface area contributed by atoms with E-state index in [1.54, 1.807) is 0 Å². The van der Waals surface area contributed by atoms with Crippen molar-refractivity contribution in [3.05, 3.63) is 0 Å². The van der Waals surface area contributed by atoms with E-state index in [9.17, 15) is 10.2 Å². The van der Waals surface area contributed by atoms with Crippen molar-refractivity contribution in [3.63, 3.8) is 0 Å². The number of hydrogen-bond donors (Lipinski definition) is 2. The summed E-state index contributed by atoms with van der Waals surface area (Å²) in [5.74, 6) is 0. The Morgan fingerprint density at radius 2 is 1.00 bits per heavy atom. The van der Waals surface area contributed by atoms with Crippen molar-refractivity contribution in [1.29, 1.82) is 0 Å². The summed E-state index contributed by atoms with van der Waals surface area (Å²) >= 11 is 0. The molecule has 0 aliphatic carbocycles. The summed E-state index contributed by atoms with van der Waals surface area (Å²) in [5, 5.41) is 20.8. The molecule has 0 aromatic carbocycles. The summed E-state index contributed by atoms with van der Waals surface area (Å²) in [4.78, 5) is 0. The van der Waals surface area contributed by atoms with Crippen molar-refractivity contribution in [2.45, 2.75) is 51.1 Å². The van der Waals surface area contributed by atoms with Gasteiger partial charge in [0.25, 0.3) is 0 Å². The summed E-state index contributed by atoms with van der Waals surface area (Å²) in [6.45, 7) is 5.31. The third-order valence-electron chi connectivity index (χ3n) is 3.48. The number of hydrogen-bond acceptors (Lipinski definition) is 3. The Labute approximate surface area is 143 Å². The van der Waals surface area contributed by atoms with E-state index in [0.29, 0.717) is 22.1 Å². The highest BCUT2D eigenvalue weighted by atomic mass is 35.5. The molecule has 0 aliphatic rings. The molecule has 4 unspecified atom stereocenters. The second kappa shape index (κ2) is 10.1. The molecule has 5 nitrogen and oxygen atoms in total. The Balaban J connectivity index is 0. The third-order valence-corrected chi connectivity index (χ3v) is 3.48. The lowest BCUT2D eigenvalue weighted by molar-refractivity contribution is -0.874. The maximum Gasteiger partial charge on any atom is 0.129 e. The molecular formula is C16H39ClN2O3+2. The molecule has 136 valence electrons. The number of aliphatic hydroxyl groups is 2. The summed E-state index contributed by atoms with van der Waals surface area (Å²) in [6, 6.07) is 0. The van der Waals surface area contributed by atoms with Crippen molar-refractivity contribution in [2.75, 3.05) is 55.4 Å². The Hall–Kier alpha value is 0.0900. The number of halogens is 1. The van der Waals surface area contributed by atoms with Crippen molar-refractivity contribution in [2.24, 2.45) is 0 Å². The number of likely N-dealkylation sites (N-methyl/N-ethyl adjacent to an activating group) is 2. The number of aliphatic hydroxyl groups excluding tert-OH is 2. The molecule has 0 rings (SSSR count). The lowest BCUT2D eigenvalue weighted by atomic mass is 10.1. The molecule has 4 atom stereocenters. The number of ether oxygens (including phenoxy) is 1. The van der Waals surface area contributed by atoms with Crippen molar-refractivity contribution >= 4 is 12.4 Å². The predicted octanol–water partition coefficient (Wildman–Crippen LogP) is 1.12. The molecule has 22 heavy (non-hydrogen) atoms. The first-order valence-electron chi connectivity index (χ1n) is 8.02. The first-order valence-corrected chi connectivity index (χ1v) is 8.02. The largest absolute Gasteiger partial charge is 0.385 e. The van der Waals surface area contributed by atoms with E-state index in [1.165, 1.54) is 0 Å². The zero-order valence-electron chi connectivity index (χ0n) is 15.7. The highest BCUT2D eigenvalue weighted by molar-refractivity contribution is 5.85. The van der Waals surface area contributed by atoms with Gasteiger partial charge in [-0.15, -0.1) is 12.4 Å². The molecule has 0 heterocycles. The summed E-state index contributed by atoms with van der Waals surface area (Å²) in [6.07, 6.45) is 0.00775. The minimum atomic E-state index is -0.514. The first-order chi connectivity index (χ1) is 9.39. The molecule has 6 heteroatoms. The molecular weight excluding hydrogens is 304 g/mol. The number of nitrogens with zero attached hydrogens (tertiary/aromatic N) is 2. The van der Waals surface area contributed by atoms with Gasteiger partial charge in [0.2, 0.25) is 0 Å². The van der Waals surface area contributed by atoms with Gasteiger partial charge in [-0.3, -0.25) is 0 Å². The highest BCUT2D eigenvalue weighted by Crippen LogP contribution is 2.16. The maximum atomic E-state index is 10.4. The molecule has 0 bridgehead atoms. The first kappa shape index (κ1) is 24.3. The van der Waals surface area contributed by atoms with E-state index in [1.807, 2.05) is 13.8 Å². The van der Waals surface area contributed by atoms with Gasteiger partial charge in [-0.25, -0.2) is 0 Å². The van der Waals surface area contributed by atoms with Gasteiger partial charge in [0, 0.05) is 0 Å². The predicted molar refractivity (Wildman–Crippen MR) is 94.3 cm³/mol. The van der Waals surface area contributed by atoms with E-state index in [2.05, 4.69) is 42.3 Å². The average molecular weight is 343 g/mol. The van der Waals surface area contributed by atoms with Gasteiger partial charge in [-0.1, -0.05) is 13.8 Å². The van der Waals surface area contributed by atoms with Crippen LogP contribution in [0, 0.1) is 0 Å². The molecule has 2 N–H and O–H groups in total. The monoisotopic (exact) mass is 342 g/mol. The fourth-order valence-electron chi connectivity index (χ4n) is 2.50. The van der Waals surface area contributed by atoms with E-state index < -0.39 is 12.2 Å². The van der Waals surface area contributed by atoms with Crippen LogP contribution in [0.1, 0.15) is 26.7 Å². The summed E-state index contributed by atoms with van der Waals surface area (Å²) in [7, 11) is 12.3. The zero-order valence-corrected chi connectivity index (χ0v) is 16.6.